The van der Waals surface area contributed by atoms with Crippen LogP contribution in [-0.2, 0) is 4.74 Å². The Morgan fingerprint density at radius 1 is 1.28 bits per heavy atom. The van der Waals surface area contributed by atoms with E-state index < -0.39 is 5.82 Å². The van der Waals surface area contributed by atoms with E-state index in [1.54, 1.807) is 25.3 Å². The van der Waals surface area contributed by atoms with Crippen LogP contribution in [0.4, 0.5) is 21.6 Å². The Kier molecular flexibility index (Phi) is 4.98. The predicted octanol–water partition coefficient (Wildman–Crippen LogP) is 3.75. The van der Waals surface area contributed by atoms with Crippen LogP contribution < -0.4 is 11.1 Å². The van der Waals surface area contributed by atoms with Gasteiger partial charge in [0.2, 0.25) is 0 Å². The van der Waals surface area contributed by atoms with E-state index in [0.717, 1.165) is 5.39 Å². The Hall–Kier alpha value is -2.88. The van der Waals surface area contributed by atoms with Crippen molar-refractivity contribution in [1.29, 1.82) is 0 Å². The molecule has 25 heavy (non-hydrogen) atoms. The van der Waals surface area contributed by atoms with E-state index in [4.69, 9.17) is 22.1 Å². The van der Waals surface area contributed by atoms with Gasteiger partial charge in [-0.1, -0.05) is 23.4 Å². The summed E-state index contributed by atoms with van der Waals surface area (Å²) in [6.07, 6.45) is 1.43. The Morgan fingerprint density at radius 3 is 2.88 bits per heavy atom. The topological polar surface area (TPSA) is 73.1 Å². The minimum atomic E-state index is -0.483. The minimum Gasteiger partial charge on any atom is -0.398 e. The lowest BCUT2D eigenvalue weighted by molar-refractivity contribution is 0.240. The van der Waals surface area contributed by atoms with E-state index in [1.165, 1.54) is 18.5 Å². The van der Waals surface area contributed by atoms with E-state index in [0.29, 0.717) is 34.9 Å². The predicted molar refractivity (Wildman–Crippen MR) is 97.4 cm³/mol. The maximum atomic E-state index is 13.3. The summed E-state index contributed by atoms with van der Waals surface area (Å²) >= 11 is 5.81. The van der Waals surface area contributed by atoms with Gasteiger partial charge >= 0.3 is 0 Å². The molecule has 7 heteroatoms. The molecule has 0 radical (unpaired) electrons. The summed E-state index contributed by atoms with van der Waals surface area (Å²) in [4.78, 5) is 8.48. The summed E-state index contributed by atoms with van der Waals surface area (Å²) in [5, 5.41) is 3.85. The molecule has 3 aromatic rings. The minimum absolute atomic E-state index is 0.0265. The molecule has 0 unspecified atom stereocenters. The lowest BCUT2D eigenvalue weighted by Gasteiger charge is -2.10. The number of nitrogens with two attached hydrogens (primary N) is 1. The summed E-state index contributed by atoms with van der Waals surface area (Å²) in [5.41, 5.74) is 8.54. The lowest BCUT2D eigenvalue weighted by Crippen LogP contribution is -1.99. The fourth-order valence-corrected chi connectivity index (χ4v) is 2.42. The van der Waals surface area contributed by atoms with Gasteiger partial charge in [-0.15, -0.1) is 0 Å². The van der Waals surface area contributed by atoms with Gasteiger partial charge in [-0.3, -0.25) is 0 Å². The van der Waals surface area contributed by atoms with Crippen molar-refractivity contribution in [2.75, 3.05) is 24.8 Å². The number of methoxy groups -OCH3 is 1. The molecule has 0 saturated carbocycles. The van der Waals surface area contributed by atoms with Crippen molar-refractivity contribution in [1.82, 2.24) is 9.97 Å². The quantitative estimate of drug-likeness (QED) is 0.552. The molecule has 0 bridgehead atoms. The molecule has 1 aromatic heterocycles. The molecule has 5 nitrogen and oxygen atoms in total. The summed E-state index contributed by atoms with van der Waals surface area (Å²) in [6, 6.07) is 7.88. The van der Waals surface area contributed by atoms with Crippen LogP contribution in [0.3, 0.4) is 0 Å². The zero-order valence-electron chi connectivity index (χ0n) is 13.3. The van der Waals surface area contributed by atoms with Crippen molar-refractivity contribution in [3.8, 4) is 11.8 Å². The van der Waals surface area contributed by atoms with Crippen LogP contribution in [0.15, 0.2) is 36.7 Å². The van der Waals surface area contributed by atoms with Crippen LogP contribution in [-0.4, -0.2) is 23.7 Å². The van der Waals surface area contributed by atoms with Crippen molar-refractivity contribution >= 4 is 39.7 Å². The van der Waals surface area contributed by atoms with Gasteiger partial charge in [-0.2, -0.15) is 0 Å². The van der Waals surface area contributed by atoms with Gasteiger partial charge in [0.15, 0.2) is 0 Å². The first-order chi connectivity index (χ1) is 12.1. The van der Waals surface area contributed by atoms with Crippen LogP contribution >= 0.6 is 11.6 Å². The van der Waals surface area contributed by atoms with E-state index in [1.807, 2.05) is 0 Å². The van der Waals surface area contributed by atoms with E-state index in [9.17, 15) is 4.39 Å². The molecule has 3 N–H and O–H groups in total. The second-order valence-corrected chi connectivity index (χ2v) is 5.57. The largest absolute Gasteiger partial charge is 0.398 e. The lowest BCUT2D eigenvalue weighted by atomic mass is 10.1. The Morgan fingerprint density at radius 2 is 2.12 bits per heavy atom. The van der Waals surface area contributed by atoms with Crippen LogP contribution in [0.1, 0.15) is 5.56 Å². The van der Waals surface area contributed by atoms with Gasteiger partial charge in [0, 0.05) is 29.4 Å². The number of benzene rings is 2. The Labute approximate surface area is 149 Å². The number of rotatable bonds is 3. The third-order valence-corrected chi connectivity index (χ3v) is 3.72. The van der Waals surface area contributed by atoms with Gasteiger partial charge in [0.1, 0.15) is 24.6 Å². The van der Waals surface area contributed by atoms with Crippen LogP contribution in [0.5, 0.6) is 0 Å². The van der Waals surface area contributed by atoms with Crippen LogP contribution in [0.25, 0.3) is 10.9 Å². The van der Waals surface area contributed by atoms with Crippen LogP contribution in [0.2, 0.25) is 5.02 Å². The zero-order chi connectivity index (χ0) is 17.8. The second-order valence-electron chi connectivity index (χ2n) is 5.17. The van der Waals surface area contributed by atoms with E-state index in [-0.39, 0.29) is 5.02 Å². The summed E-state index contributed by atoms with van der Waals surface area (Å²) < 4.78 is 18.2. The fourth-order valence-electron chi connectivity index (χ4n) is 2.24. The Bertz CT molecular complexity index is 998. The smallest absolute Gasteiger partial charge is 0.141 e. The molecule has 0 aliphatic heterocycles. The highest BCUT2D eigenvalue weighted by molar-refractivity contribution is 6.31. The molecular weight excluding hydrogens is 343 g/mol. The Balaban J connectivity index is 2.00. The molecule has 2 aromatic carbocycles. The number of fused-ring (bicyclic) bond motifs is 1. The number of nitrogens with zero attached hydrogens (tertiary/aromatic N) is 2. The molecule has 0 atom stereocenters. The first-order valence-electron chi connectivity index (χ1n) is 7.32. The van der Waals surface area contributed by atoms with Gasteiger partial charge in [0.05, 0.1) is 10.5 Å². The maximum absolute atomic E-state index is 13.3. The summed E-state index contributed by atoms with van der Waals surface area (Å²) in [5.74, 6) is 5.87. The van der Waals surface area contributed by atoms with Crippen molar-refractivity contribution in [2.24, 2.45) is 0 Å². The monoisotopic (exact) mass is 356 g/mol. The normalized spacial score (nSPS) is 10.4. The average molecular weight is 357 g/mol. The van der Waals surface area contributed by atoms with Crippen molar-refractivity contribution < 1.29 is 9.13 Å². The van der Waals surface area contributed by atoms with Gasteiger partial charge in [0.25, 0.3) is 0 Å². The zero-order valence-corrected chi connectivity index (χ0v) is 14.1. The maximum Gasteiger partial charge on any atom is 0.141 e. The number of anilines is 3. The number of ether oxygens (including phenoxy) is 1. The molecular formula is C18H14ClFN4O. The third kappa shape index (κ3) is 3.79. The number of nitrogens with one attached hydrogen (secondary N) is 1. The first kappa shape index (κ1) is 17.0. The van der Waals surface area contributed by atoms with Gasteiger partial charge in [-0.05, 0) is 30.3 Å². The second kappa shape index (κ2) is 7.34. The van der Waals surface area contributed by atoms with Gasteiger partial charge < -0.3 is 15.8 Å². The molecule has 126 valence electrons. The molecule has 0 saturated heterocycles. The van der Waals surface area contributed by atoms with Crippen molar-refractivity contribution in [3.05, 3.63) is 53.1 Å². The third-order valence-electron chi connectivity index (χ3n) is 3.43. The van der Waals surface area contributed by atoms with Crippen molar-refractivity contribution in [3.63, 3.8) is 0 Å². The molecule has 0 amide bonds. The molecule has 0 aliphatic rings. The fraction of sp³-hybridized carbons (Fsp3) is 0.111. The number of nitrogen functional groups attached to an aromatic ring is 1. The molecule has 0 fully saturated rings. The standard InChI is InChI=1S/C18H14ClFN4O/c1-25-6-2-3-11-7-17-13(9-16(11)21)18(23-10-22-17)24-12-4-5-15(20)14(19)8-12/h4-5,7-10H,6,21H2,1H3,(H,22,23,24). The molecule has 3 rings (SSSR count). The molecule has 0 spiro atoms. The van der Waals surface area contributed by atoms with E-state index >= 15 is 0 Å². The SMILES string of the molecule is COCC#Cc1cc2ncnc(Nc3ccc(F)c(Cl)c3)c2cc1N. The van der Waals surface area contributed by atoms with Gasteiger partial charge in [-0.25, -0.2) is 14.4 Å². The highest BCUT2D eigenvalue weighted by Gasteiger charge is 2.09. The number of aromatic nitrogens is 2. The first-order valence-corrected chi connectivity index (χ1v) is 7.70. The highest BCUT2D eigenvalue weighted by Crippen LogP contribution is 2.28. The number of halogens is 2. The number of hydrogen-bond donors (Lipinski definition) is 2. The summed E-state index contributed by atoms with van der Waals surface area (Å²) in [6.45, 7) is 0.319. The highest BCUT2D eigenvalue weighted by atomic mass is 35.5. The number of hydrogen-bond acceptors (Lipinski definition) is 5. The van der Waals surface area contributed by atoms with E-state index in [2.05, 4.69) is 27.1 Å². The average Bonchev–Trinajstić information content (AvgIpc) is 2.59. The van der Waals surface area contributed by atoms with Crippen molar-refractivity contribution in [2.45, 2.75) is 0 Å². The summed E-state index contributed by atoms with van der Waals surface area (Å²) in [7, 11) is 1.57. The molecule has 1 heterocycles. The molecule has 0 aliphatic carbocycles. The van der Waals surface area contributed by atoms with Crippen LogP contribution in [0, 0.1) is 17.7 Å².